The van der Waals surface area contributed by atoms with Gasteiger partial charge in [0.25, 0.3) is 0 Å². The molecular formula is C42H43Cl2FN6O4S. The van der Waals surface area contributed by atoms with Crippen LogP contribution in [-0.2, 0) is 13.0 Å². The molecule has 0 N–H and O–H groups in total. The van der Waals surface area contributed by atoms with Crippen LogP contribution in [0.4, 0.5) is 4.39 Å². The maximum Gasteiger partial charge on any atom is 0.234 e. The van der Waals surface area contributed by atoms with Gasteiger partial charge in [-0.1, -0.05) is 54.4 Å². The molecule has 4 heterocycles. The first-order valence-corrected chi connectivity index (χ1v) is 20.1. The van der Waals surface area contributed by atoms with Gasteiger partial charge in [-0.15, -0.1) is 0 Å². The number of hydrogen-bond donors (Lipinski definition) is 0. The zero-order chi connectivity index (χ0) is 39.2. The minimum absolute atomic E-state index is 0.176. The van der Waals surface area contributed by atoms with Crippen LogP contribution in [0.15, 0.2) is 73.1 Å². The van der Waals surface area contributed by atoms with E-state index in [0.29, 0.717) is 69.8 Å². The van der Waals surface area contributed by atoms with Crippen LogP contribution in [0, 0.1) is 12.7 Å². The van der Waals surface area contributed by atoms with Crippen molar-refractivity contribution in [3.05, 3.63) is 106 Å². The Labute approximate surface area is 340 Å². The second-order valence-electron chi connectivity index (χ2n) is 13.7. The SMILES string of the molecule is CC[C@@H](Cc1ccccc1OCc1ccnc(-c2cc(F)ccc2OC)n1)Oc1nsc2cnc(Cl)c(-c3ccc(OCCN4CCN(C)CC4)c(Cl)c3C)c12. The van der Waals surface area contributed by atoms with Crippen molar-refractivity contribution in [2.75, 3.05) is 53.5 Å². The highest BCUT2D eigenvalue weighted by molar-refractivity contribution is 7.13. The number of ether oxygens (including phenoxy) is 4. The van der Waals surface area contributed by atoms with E-state index in [0.717, 1.165) is 65.1 Å². The number of fused-ring (bicyclic) bond motifs is 1. The Balaban J connectivity index is 1.07. The third-order valence-electron chi connectivity index (χ3n) is 9.96. The molecule has 10 nitrogen and oxygen atoms in total. The van der Waals surface area contributed by atoms with Crippen LogP contribution < -0.4 is 18.9 Å². The first-order chi connectivity index (χ1) is 27.2. The maximum atomic E-state index is 14.1. The molecule has 7 rings (SSSR count). The Morgan fingerprint density at radius 2 is 1.73 bits per heavy atom. The van der Waals surface area contributed by atoms with Crippen LogP contribution in [0.25, 0.3) is 32.6 Å². The lowest BCUT2D eigenvalue weighted by atomic mass is 9.99. The van der Waals surface area contributed by atoms with Crippen molar-refractivity contribution in [2.45, 2.75) is 39.4 Å². The highest BCUT2D eigenvalue weighted by Crippen LogP contribution is 2.45. The Hall–Kier alpha value is -4.59. The number of aromatic nitrogens is 4. The van der Waals surface area contributed by atoms with Crippen molar-refractivity contribution in [1.82, 2.24) is 29.1 Å². The average Bonchev–Trinajstić information content (AvgIpc) is 3.62. The summed E-state index contributed by atoms with van der Waals surface area (Å²) in [5.74, 6) is 2.24. The first kappa shape index (κ1) is 39.6. The van der Waals surface area contributed by atoms with E-state index in [1.54, 1.807) is 24.5 Å². The Morgan fingerprint density at radius 1 is 0.929 bits per heavy atom. The summed E-state index contributed by atoms with van der Waals surface area (Å²) in [5, 5.41) is 1.66. The summed E-state index contributed by atoms with van der Waals surface area (Å²) in [5.41, 5.74) is 4.45. The number of methoxy groups -OCH3 is 1. The van der Waals surface area contributed by atoms with Gasteiger partial charge in [0.1, 0.15) is 47.5 Å². The van der Waals surface area contributed by atoms with E-state index in [2.05, 4.69) is 38.7 Å². The topological polar surface area (TPSA) is 95.0 Å². The van der Waals surface area contributed by atoms with Gasteiger partial charge in [-0.3, -0.25) is 4.90 Å². The number of benzene rings is 3. The van der Waals surface area contributed by atoms with Crippen LogP contribution >= 0.6 is 34.7 Å². The highest BCUT2D eigenvalue weighted by Gasteiger charge is 2.24. The number of pyridine rings is 1. The summed E-state index contributed by atoms with van der Waals surface area (Å²) in [6.45, 7) is 9.78. The quantitative estimate of drug-likeness (QED) is 0.0935. The van der Waals surface area contributed by atoms with E-state index in [9.17, 15) is 4.39 Å². The number of hydrogen-bond acceptors (Lipinski definition) is 11. The van der Waals surface area contributed by atoms with Crippen molar-refractivity contribution in [1.29, 1.82) is 0 Å². The summed E-state index contributed by atoms with van der Waals surface area (Å²) < 4.78 is 44.3. The van der Waals surface area contributed by atoms with E-state index >= 15 is 0 Å². The fourth-order valence-electron chi connectivity index (χ4n) is 6.71. The van der Waals surface area contributed by atoms with Crippen LogP contribution in [0.2, 0.25) is 10.2 Å². The normalized spacial score (nSPS) is 14.2. The van der Waals surface area contributed by atoms with Crippen LogP contribution in [0.1, 0.15) is 30.2 Å². The van der Waals surface area contributed by atoms with Crippen LogP contribution in [0.3, 0.4) is 0 Å². The Morgan fingerprint density at radius 3 is 2.54 bits per heavy atom. The monoisotopic (exact) mass is 816 g/mol. The molecule has 6 aromatic rings. The van der Waals surface area contributed by atoms with Crippen molar-refractivity contribution >= 4 is 44.8 Å². The van der Waals surface area contributed by atoms with Crippen molar-refractivity contribution in [3.8, 4) is 45.6 Å². The third kappa shape index (κ3) is 9.00. The van der Waals surface area contributed by atoms with Crippen molar-refractivity contribution in [3.63, 3.8) is 0 Å². The average molecular weight is 818 g/mol. The number of halogens is 3. The summed E-state index contributed by atoms with van der Waals surface area (Å²) in [4.78, 5) is 18.2. The summed E-state index contributed by atoms with van der Waals surface area (Å²) >= 11 is 15.1. The number of likely N-dealkylation sites (N-methyl/N-ethyl adjacent to an activating group) is 1. The fourth-order valence-corrected chi connectivity index (χ4v) is 7.87. The molecule has 0 aliphatic carbocycles. The van der Waals surface area contributed by atoms with E-state index < -0.39 is 5.82 Å². The van der Waals surface area contributed by atoms with Gasteiger partial charge in [-0.2, -0.15) is 4.37 Å². The molecule has 3 aromatic heterocycles. The minimum atomic E-state index is -0.402. The van der Waals surface area contributed by atoms with Crippen LogP contribution in [0.5, 0.6) is 23.1 Å². The summed E-state index contributed by atoms with van der Waals surface area (Å²) in [6, 6.07) is 17.8. The lowest BCUT2D eigenvalue weighted by molar-refractivity contribution is 0.134. The van der Waals surface area contributed by atoms with E-state index in [4.69, 9.17) is 46.5 Å². The summed E-state index contributed by atoms with van der Waals surface area (Å²) in [6.07, 6.45) is 4.38. The standard InChI is InChI=1S/C42H43Cl2FN6O4S/c1-5-30(22-27-8-6-7-9-33(27)54-25-29-14-15-46-41(48-29)32-23-28(45)10-12-34(32)52-4)55-42-38-36(56-49-42)24-47-40(44)37(38)31-11-13-35(39(43)26(31)2)53-21-20-51-18-16-50(3)17-19-51/h6-15,23-24,30H,5,16-22,25H2,1-4H3/t30-/m0/s1. The maximum absolute atomic E-state index is 14.1. The zero-order valence-corrected chi connectivity index (χ0v) is 34.1. The van der Waals surface area contributed by atoms with Gasteiger partial charge in [0.2, 0.25) is 5.88 Å². The Bertz CT molecular complexity index is 2300. The number of nitrogens with zero attached hydrogens (tertiary/aromatic N) is 6. The lowest BCUT2D eigenvalue weighted by Crippen LogP contribution is -2.45. The second kappa shape index (κ2) is 18.1. The van der Waals surface area contributed by atoms with Crippen LogP contribution in [-0.4, -0.2) is 88.7 Å². The molecule has 1 aliphatic rings. The fraction of sp³-hybridized carbons (Fsp3) is 0.333. The first-order valence-electron chi connectivity index (χ1n) is 18.5. The molecule has 0 spiro atoms. The molecule has 3 aromatic carbocycles. The predicted molar refractivity (Wildman–Crippen MR) is 220 cm³/mol. The second-order valence-corrected chi connectivity index (χ2v) is 15.2. The van der Waals surface area contributed by atoms with Crippen molar-refractivity contribution < 1.29 is 23.3 Å². The molecule has 1 atom stereocenters. The van der Waals surface area contributed by atoms with E-state index in [1.165, 1.54) is 30.8 Å². The molecule has 292 valence electrons. The largest absolute Gasteiger partial charge is 0.496 e. The molecule has 56 heavy (non-hydrogen) atoms. The lowest BCUT2D eigenvalue weighted by Gasteiger charge is -2.32. The molecule has 1 aliphatic heterocycles. The molecule has 1 fully saturated rings. The Kier molecular flexibility index (Phi) is 12.8. The third-order valence-corrected chi connectivity index (χ3v) is 11.5. The number of piperazine rings is 1. The van der Waals surface area contributed by atoms with Gasteiger partial charge in [0, 0.05) is 57.1 Å². The summed E-state index contributed by atoms with van der Waals surface area (Å²) in [7, 11) is 3.68. The number of para-hydroxylation sites is 1. The van der Waals surface area contributed by atoms with Gasteiger partial charge in [-0.25, -0.2) is 19.3 Å². The smallest absolute Gasteiger partial charge is 0.234 e. The molecule has 0 bridgehead atoms. The van der Waals surface area contributed by atoms with Gasteiger partial charge >= 0.3 is 0 Å². The highest BCUT2D eigenvalue weighted by atomic mass is 35.5. The van der Waals surface area contributed by atoms with Gasteiger partial charge in [0.05, 0.1) is 33.5 Å². The molecule has 0 amide bonds. The van der Waals surface area contributed by atoms with Gasteiger partial charge in [-0.05, 0) is 85.0 Å². The molecule has 0 saturated carbocycles. The van der Waals surface area contributed by atoms with Crippen molar-refractivity contribution in [2.24, 2.45) is 0 Å². The van der Waals surface area contributed by atoms with Gasteiger partial charge < -0.3 is 23.8 Å². The molecule has 0 radical (unpaired) electrons. The number of rotatable bonds is 15. The molecule has 0 unspecified atom stereocenters. The van der Waals surface area contributed by atoms with E-state index in [-0.39, 0.29) is 12.7 Å². The molecular weight excluding hydrogens is 774 g/mol. The zero-order valence-electron chi connectivity index (χ0n) is 31.7. The minimum Gasteiger partial charge on any atom is -0.496 e. The molecule has 1 saturated heterocycles. The van der Waals surface area contributed by atoms with E-state index in [1.807, 2.05) is 43.3 Å². The molecule has 14 heteroatoms. The van der Waals surface area contributed by atoms with Gasteiger partial charge in [0.15, 0.2) is 5.82 Å². The predicted octanol–water partition coefficient (Wildman–Crippen LogP) is 9.18.